The predicted molar refractivity (Wildman–Crippen MR) is 99.1 cm³/mol. The quantitative estimate of drug-likeness (QED) is 0.545. The topological polar surface area (TPSA) is 70.4 Å². The van der Waals surface area contributed by atoms with Gasteiger partial charge in [-0.1, -0.05) is 30.3 Å². The lowest BCUT2D eigenvalue weighted by Gasteiger charge is -2.05. The molecule has 0 aliphatic rings. The van der Waals surface area contributed by atoms with Crippen molar-refractivity contribution in [2.45, 2.75) is 0 Å². The van der Waals surface area contributed by atoms with Crippen LogP contribution in [-0.2, 0) is 0 Å². The molecular formula is C20H13NO3S. The van der Waals surface area contributed by atoms with Gasteiger partial charge in [0.1, 0.15) is 10.6 Å². The Bertz CT molecular complexity index is 1080. The number of hydrogen-bond acceptors (Lipinski definition) is 4. The number of aromatic hydroxyl groups is 1. The van der Waals surface area contributed by atoms with E-state index in [2.05, 4.69) is 4.98 Å². The molecule has 0 spiro atoms. The number of benzene rings is 2. The van der Waals surface area contributed by atoms with E-state index in [0.29, 0.717) is 4.88 Å². The van der Waals surface area contributed by atoms with Gasteiger partial charge in [0.2, 0.25) is 0 Å². The number of aromatic nitrogens is 1. The van der Waals surface area contributed by atoms with E-state index in [9.17, 15) is 9.90 Å². The number of carbonyl (C=O) groups is 1. The van der Waals surface area contributed by atoms with Crippen LogP contribution in [0.4, 0.5) is 0 Å². The first-order chi connectivity index (χ1) is 12.1. The molecule has 0 fully saturated rings. The van der Waals surface area contributed by atoms with Crippen molar-refractivity contribution in [3.05, 3.63) is 71.6 Å². The van der Waals surface area contributed by atoms with Crippen LogP contribution in [0.25, 0.3) is 32.6 Å². The van der Waals surface area contributed by atoms with Crippen molar-refractivity contribution in [2.75, 3.05) is 0 Å². The Kier molecular flexibility index (Phi) is 3.71. The van der Waals surface area contributed by atoms with Crippen molar-refractivity contribution in [1.29, 1.82) is 0 Å². The first-order valence-corrected chi connectivity index (χ1v) is 8.45. The molecule has 0 aliphatic heterocycles. The number of phenols is 1. The zero-order valence-corrected chi connectivity index (χ0v) is 13.8. The lowest BCUT2D eigenvalue weighted by molar-refractivity contribution is 0.0702. The Morgan fingerprint density at radius 3 is 2.36 bits per heavy atom. The van der Waals surface area contributed by atoms with Gasteiger partial charge in [0, 0.05) is 15.8 Å². The van der Waals surface area contributed by atoms with Gasteiger partial charge in [-0.3, -0.25) is 0 Å². The van der Waals surface area contributed by atoms with Crippen LogP contribution in [0.3, 0.4) is 0 Å². The van der Waals surface area contributed by atoms with Crippen LogP contribution in [0.15, 0.2) is 66.7 Å². The van der Waals surface area contributed by atoms with Crippen LogP contribution in [0.5, 0.6) is 5.75 Å². The first kappa shape index (κ1) is 15.4. The third-order valence-corrected chi connectivity index (χ3v) is 5.08. The number of fused-ring (bicyclic) bond motifs is 1. The summed E-state index contributed by atoms with van der Waals surface area (Å²) in [5, 5.41) is 19.4. The summed E-state index contributed by atoms with van der Waals surface area (Å²) >= 11 is 1.26. The van der Waals surface area contributed by atoms with Gasteiger partial charge in [-0.05, 0) is 42.0 Å². The highest BCUT2D eigenvalue weighted by Crippen LogP contribution is 2.30. The fourth-order valence-corrected chi connectivity index (χ4v) is 3.54. The van der Waals surface area contributed by atoms with Crippen molar-refractivity contribution < 1.29 is 15.0 Å². The Hall–Kier alpha value is -3.18. The molecular weight excluding hydrogens is 334 g/mol. The Morgan fingerprint density at radius 1 is 0.880 bits per heavy atom. The van der Waals surface area contributed by atoms with Crippen LogP contribution < -0.4 is 0 Å². The van der Waals surface area contributed by atoms with Gasteiger partial charge in [0.05, 0.1) is 11.2 Å². The number of nitrogens with zero attached hydrogens (tertiary/aromatic N) is 1. The fraction of sp³-hybridized carbons (Fsp3) is 0. The molecule has 2 aromatic carbocycles. The summed E-state index contributed by atoms with van der Waals surface area (Å²) in [5.41, 5.74) is 3.63. The van der Waals surface area contributed by atoms with Gasteiger partial charge in [-0.25, -0.2) is 9.78 Å². The fourth-order valence-electron chi connectivity index (χ4n) is 2.69. The second kappa shape index (κ2) is 6.03. The highest BCUT2D eigenvalue weighted by molar-refractivity contribution is 7.17. The number of rotatable bonds is 3. The van der Waals surface area contributed by atoms with E-state index in [1.165, 1.54) is 11.3 Å². The van der Waals surface area contributed by atoms with Crippen molar-refractivity contribution >= 4 is 28.2 Å². The first-order valence-electron chi connectivity index (χ1n) is 7.64. The van der Waals surface area contributed by atoms with E-state index in [4.69, 9.17) is 5.11 Å². The van der Waals surface area contributed by atoms with Crippen LogP contribution in [0, 0.1) is 0 Å². The van der Waals surface area contributed by atoms with E-state index in [1.807, 2.05) is 42.5 Å². The van der Waals surface area contributed by atoms with E-state index in [-0.39, 0.29) is 5.75 Å². The summed E-state index contributed by atoms with van der Waals surface area (Å²) in [7, 11) is 0. The Balaban J connectivity index is 1.67. The summed E-state index contributed by atoms with van der Waals surface area (Å²) in [6, 6.07) is 20.3. The van der Waals surface area contributed by atoms with E-state index in [0.717, 1.165) is 32.6 Å². The number of phenolic OH excluding ortho intramolecular Hbond substituents is 1. The van der Waals surface area contributed by atoms with Crippen molar-refractivity contribution in [1.82, 2.24) is 4.98 Å². The zero-order chi connectivity index (χ0) is 17.4. The van der Waals surface area contributed by atoms with Crippen molar-refractivity contribution in [2.24, 2.45) is 0 Å². The molecule has 0 bridgehead atoms. The molecule has 2 aromatic heterocycles. The summed E-state index contributed by atoms with van der Waals surface area (Å²) in [6.07, 6.45) is 0. The zero-order valence-electron chi connectivity index (χ0n) is 13.0. The van der Waals surface area contributed by atoms with Gasteiger partial charge in [0.25, 0.3) is 0 Å². The third-order valence-electron chi connectivity index (χ3n) is 3.95. The number of aromatic carboxylic acids is 1. The second-order valence-electron chi connectivity index (χ2n) is 5.62. The molecule has 0 saturated heterocycles. The van der Waals surface area contributed by atoms with Crippen LogP contribution >= 0.6 is 11.3 Å². The standard InChI is InChI=1S/C20H13NO3S/c22-15-6-8-17-14(11-15)5-7-16(21-17)12-1-3-13(4-2-12)18-9-10-19(25-18)20(23)24/h1-11,22H,(H,23,24). The minimum atomic E-state index is -0.903. The molecule has 2 N–H and O–H groups in total. The van der Waals surface area contributed by atoms with E-state index in [1.54, 1.807) is 24.3 Å². The number of carboxylic acids is 1. The maximum Gasteiger partial charge on any atom is 0.345 e. The smallest absolute Gasteiger partial charge is 0.345 e. The Labute approximate surface area is 147 Å². The molecule has 2 heterocycles. The van der Waals surface area contributed by atoms with E-state index >= 15 is 0 Å². The van der Waals surface area contributed by atoms with E-state index < -0.39 is 5.97 Å². The molecule has 25 heavy (non-hydrogen) atoms. The van der Waals surface area contributed by atoms with Crippen LogP contribution in [-0.4, -0.2) is 21.2 Å². The summed E-state index contributed by atoms with van der Waals surface area (Å²) in [5.74, 6) is -0.678. The number of pyridine rings is 1. The number of thiophene rings is 1. The lowest BCUT2D eigenvalue weighted by atomic mass is 10.1. The molecule has 0 amide bonds. The minimum absolute atomic E-state index is 0.225. The molecule has 0 radical (unpaired) electrons. The van der Waals surface area contributed by atoms with Gasteiger partial charge in [-0.15, -0.1) is 11.3 Å². The molecule has 5 heteroatoms. The highest BCUT2D eigenvalue weighted by Gasteiger charge is 2.09. The van der Waals surface area contributed by atoms with Crippen LogP contribution in [0.2, 0.25) is 0 Å². The normalized spacial score (nSPS) is 10.9. The summed E-state index contributed by atoms with van der Waals surface area (Å²) in [6.45, 7) is 0. The maximum absolute atomic E-state index is 11.0. The second-order valence-corrected chi connectivity index (χ2v) is 6.70. The maximum atomic E-state index is 11.0. The van der Waals surface area contributed by atoms with Crippen LogP contribution in [0.1, 0.15) is 9.67 Å². The highest BCUT2D eigenvalue weighted by atomic mass is 32.1. The molecule has 4 aromatic rings. The molecule has 4 nitrogen and oxygen atoms in total. The molecule has 4 rings (SSSR count). The van der Waals surface area contributed by atoms with Gasteiger partial charge in [-0.2, -0.15) is 0 Å². The minimum Gasteiger partial charge on any atom is -0.508 e. The largest absolute Gasteiger partial charge is 0.508 e. The average molecular weight is 347 g/mol. The predicted octanol–water partition coefficient (Wildman–Crippen LogP) is 5.03. The van der Waals surface area contributed by atoms with Gasteiger partial charge >= 0.3 is 5.97 Å². The molecule has 0 atom stereocenters. The monoisotopic (exact) mass is 347 g/mol. The summed E-state index contributed by atoms with van der Waals surface area (Å²) < 4.78 is 0. The van der Waals surface area contributed by atoms with Crippen molar-refractivity contribution in [3.63, 3.8) is 0 Å². The Morgan fingerprint density at radius 2 is 1.64 bits per heavy atom. The van der Waals surface area contributed by atoms with Crippen molar-refractivity contribution in [3.8, 4) is 27.4 Å². The van der Waals surface area contributed by atoms with Gasteiger partial charge < -0.3 is 10.2 Å². The third kappa shape index (κ3) is 2.97. The molecule has 0 saturated carbocycles. The lowest BCUT2D eigenvalue weighted by Crippen LogP contribution is -1.89. The van der Waals surface area contributed by atoms with Gasteiger partial charge in [0.15, 0.2) is 0 Å². The molecule has 0 aliphatic carbocycles. The SMILES string of the molecule is O=C(O)c1ccc(-c2ccc(-c3ccc4cc(O)ccc4n3)cc2)s1. The number of carboxylic acid groups (broad SMARTS) is 1. The molecule has 0 unspecified atom stereocenters. The number of hydrogen-bond donors (Lipinski definition) is 2. The molecule has 122 valence electrons. The average Bonchev–Trinajstić information content (AvgIpc) is 3.12. The summed E-state index contributed by atoms with van der Waals surface area (Å²) in [4.78, 5) is 16.9.